The van der Waals surface area contributed by atoms with Crippen LogP contribution in [-0.2, 0) is 6.54 Å². The summed E-state index contributed by atoms with van der Waals surface area (Å²) >= 11 is 0. The predicted octanol–water partition coefficient (Wildman–Crippen LogP) is 2.37. The third-order valence-electron chi connectivity index (χ3n) is 5.71. The van der Waals surface area contributed by atoms with Gasteiger partial charge in [0.1, 0.15) is 0 Å². The van der Waals surface area contributed by atoms with Gasteiger partial charge < -0.3 is 16.0 Å². The number of nitrogens with zero attached hydrogens (tertiary/aromatic N) is 4. The van der Waals surface area contributed by atoms with Crippen LogP contribution in [0, 0.1) is 0 Å². The van der Waals surface area contributed by atoms with Gasteiger partial charge in [-0.2, -0.15) is 0 Å². The van der Waals surface area contributed by atoms with Crippen LogP contribution in [-0.4, -0.2) is 53.2 Å². The molecule has 0 radical (unpaired) electrons. The van der Waals surface area contributed by atoms with Crippen LogP contribution in [0.15, 0.2) is 53.5 Å². The zero-order valence-electron chi connectivity index (χ0n) is 16.7. The zero-order chi connectivity index (χ0) is 20.7. The molecule has 3 aromatic rings. The number of carbonyl (C=O) groups is 1. The fourth-order valence-corrected chi connectivity index (χ4v) is 4.03. The molecule has 7 nitrogen and oxygen atoms in total. The van der Waals surface area contributed by atoms with Crippen LogP contribution in [0.5, 0.6) is 0 Å². The third kappa shape index (κ3) is 3.04. The minimum atomic E-state index is 0.000516. The Morgan fingerprint density at radius 3 is 2.47 bits per heavy atom. The first-order chi connectivity index (χ1) is 14.7. The number of nitrogens with one attached hydrogen (secondary N) is 1. The van der Waals surface area contributed by atoms with Gasteiger partial charge in [-0.25, -0.2) is 9.97 Å². The highest BCUT2D eigenvalue weighted by atomic mass is 16.2. The Labute approximate surface area is 174 Å². The van der Waals surface area contributed by atoms with E-state index in [1.807, 2.05) is 66.7 Å². The van der Waals surface area contributed by atoms with Gasteiger partial charge in [-0.3, -0.25) is 9.79 Å². The molecule has 7 heteroatoms. The number of aromatic nitrogens is 2. The van der Waals surface area contributed by atoms with Gasteiger partial charge in [0.15, 0.2) is 0 Å². The monoisotopic (exact) mass is 398 g/mol. The van der Waals surface area contributed by atoms with Crippen molar-refractivity contribution in [2.45, 2.75) is 12.6 Å². The molecule has 1 amide bonds. The second-order valence-corrected chi connectivity index (χ2v) is 7.56. The molecule has 150 valence electrons. The number of aliphatic imine (C=N–C) groups is 1. The standard InChI is InChI=1S/C23H22N6O/c1-25-15-12-29(13-15)22(30)18-9-5-4-8-17(18)21-19-11-26-10-14-6-2-3-7-16(14)20(19)27-23(24)28-21/h2-10,15,25H,11-13H2,1H3,(H2,24,27,28). The Bertz CT molecular complexity index is 1170. The van der Waals surface area contributed by atoms with Crippen LogP contribution in [0.3, 0.4) is 0 Å². The lowest BCUT2D eigenvalue weighted by Crippen LogP contribution is -2.58. The van der Waals surface area contributed by atoms with Crippen LogP contribution >= 0.6 is 0 Å². The van der Waals surface area contributed by atoms with E-state index in [0.717, 1.165) is 27.9 Å². The van der Waals surface area contributed by atoms with Crippen LogP contribution in [0.25, 0.3) is 22.5 Å². The Morgan fingerprint density at radius 1 is 1.03 bits per heavy atom. The van der Waals surface area contributed by atoms with Gasteiger partial charge in [0.2, 0.25) is 5.95 Å². The Morgan fingerprint density at radius 2 is 1.70 bits per heavy atom. The summed E-state index contributed by atoms with van der Waals surface area (Å²) in [5.41, 5.74) is 11.8. The molecule has 0 unspecified atom stereocenters. The van der Waals surface area contributed by atoms with Crippen molar-refractivity contribution in [1.82, 2.24) is 20.2 Å². The SMILES string of the molecule is CNC1CN(C(=O)c2ccccc2-c2nc(N)nc3c2CN=Cc2ccccc2-3)C1. The molecule has 2 aromatic carbocycles. The largest absolute Gasteiger partial charge is 0.368 e. The van der Waals surface area contributed by atoms with E-state index in [1.54, 1.807) is 0 Å². The number of hydrogen-bond donors (Lipinski definition) is 2. The van der Waals surface area contributed by atoms with Crippen LogP contribution in [0.4, 0.5) is 5.95 Å². The molecule has 3 heterocycles. The van der Waals surface area contributed by atoms with E-state index in [0.29, 0.717) is 36.9 Å². The normalized spacial score (nSPS) is 15.2. The smallest absolute Gasteiger partial charge is 0.254 e. The summed E-state index contributed by atoms with van der Waals surface area (Å²) in [6.07, 6.45) is 1.85. The highest BCUT2D eigenvalue weighted by Crippen LogP contribution is 2.36. The molecule has 0 aliphatic carbocycles. The minimum Gasteiger partial charge on any atom is -0.368 e. The number of amides is 1. The van der Waals surface area contributed by atoms with Crippen molar-refractivity contribution >= 4 is 18.1 Å². The second kappa shape index (κ2) is 7.35. The molecule has 1 saturated heterocycles. The van der Waals surface area contributed by atoms with Crippen LogP contribution in [0.2, 0.25) is 0 Å². The first kappa shape index (κ1) is 18.4. The molecular weight excluding hydrogens is 376 g/mol. The Hall–Kier alpha value is -3.58. The minimum absolute atomic E-state index is 0.000516. The van der Waals surface area contributed by atoms with E-state index < -0.39 is 0 Å². The van der Waals surface area contributed by atoms with Crippen LogP contribution in [0.1, 0.15) is 21.5 Å². The molecule has 2 aliphatic rings. The van der Waals surface area contributed by atoms with Gasteiger partial charge in [0, 0.05) is 53.2 Å². The number of nitrogens with two attached hydrogens (primary N) is 1. The van der Waals surface area contributed by atoms with E-state index in [-0.39, 0.29) is 11.9 Å². The van der Waals surface area contributed by atoms with Gasteiger partial charge >= 0.3 is 0 Å². The molecule has 0 atom stereocenters. The molecule has 0 bridgehead atoms. The van der Waals surface area contributed by atoms with Gasteiger partial charge in [0.25, 0.3) is 5.91 Å². The molecule has 1 aromatic heterocycles. The summed E-state index contributed by atoms with van der Waals surface area (Å²) in [7, 11) is 1.91. The number of benzene rings is 2. The maximum atomic E-state index is 13.2. The van der Waals surface area contributed by atoms with Gasteiger partial charge in [-0.05, 0) is 13.1 Å². The van der Waals surface area contributed by atoms with Crippen molar-refractivity contribution in [2.24, 2.45) is 4.99 Å². The fraction of sp³-hybridized carbons (Fsp3) is 0.217. The van der Waals surface area contributed by atoms with Crippen LogP contribution < -0.4 is 11.1 Å². The van der Waals surface area contributed by atoms with E-state index in [1.165, 1.54) is 0 Å². The average Bonchev–Trinajstić information content (AvgIpc) is 2.92. The maximum Gasteiger partial charge on any atom is 0.254 e. The zero-order valence-corrected chi connectivity index (χ0v) is 16.7. The molecule has 2 aliphatic heterocycles. The fourth-order valence-electron chi connectivity index (χ4n) is 4.03. The predicted molar refractivity (Wildman–Crippen MR) is 117 cm³/mol. The highest BCUT2D eigenvalue weighted by molar-refractivity contribution is 6.02. The number of likely N-dealkylation sites (tertiary alicyclic amines) is 1. The average molecular weight is 398 g/mol. The van der Waals surface area contributed by atoms with E-state index >= 15 is 0 Å². The lowest BCUT2D eigenvalue weighted by atomic mass is 9.94. The van der Waals surface area contributed by atoms with Crippen molar-refractivity contribution in [3.8, 4) is 22.5 Å². The van der Waals surface area contributed by atoms with Gasteiger partial charge in [-0.15, -0.1) is 0 Å². The summed E-state index contributed by atoms with van der Waals surface area (Å²) in [5, 5.41) is 3.20. The number of anilines is 1. The molecule has 0 spiro atoms. The topological polar surface area (TPSA) is 96.5 Å². The third-order valence-corrected chi connectivity index (χ3v) is 5.71. The summed E-state index contributed by atoms with van der Waals surface area (Å²) in [6.45, 7) is 1.82. The molecular formula is C23H22N6O. The van der Waals surface area contributed by atoms with Crippen molar-refractivity contribution in [3.63, 3.8) is 0 Å². The second-order valence-electron chi connectivity index (χ2n) is 7.56. The molecule has 3 N–H and O–H groups in total. The quantitative estimate of drug-likeness (QED) is 0.706. The molecule has 1 fully saturated rings. The molecule has 0 saturated carbocycles. The van der Waals surface area contributed by atoms with Crippen molar-refractivity contribution < 1.29 is 4.79 Å². The number of carbonyl (C=O) groups excluding carboxylic acids is 1. The maximum absolute atomic E-state index is 13.2. The molecule has 5 rings (SSSR count). The number of fused-ring (bicyclic) bond motifs is 3. The van der Waals surface area contributed by atoms with Gasteiger partial charge in [-0.1, -0.05) is 42.5 Å². The van der Waals surface area contributed by atoms with Gasteiger partial charge in [0.05, 0.1) is 17.9 Å². The van der Waals surface area contributed by atoms with E-state index in [4.69, 9.17) is 5.73 Å². The number of likely N-dealkylation sites (N-methyl/N-ethyl adjacent to an activating group) is 1. The lowest BCUT2D eigenvalue weighted by Gasteiger charge is -2.39. The van der Waals surface area contributed by atoms with Crippen molar-refractivity contribution in [1.29, 1.82) is 0 Å². The summed E-state index contributed by atoms with van der Waals surface area (Å²) in [6, 6.07) is 15.9. The number of nitrogen functional groups attached to an aromatic ring is 1. The lowest BCUT2D eigenvalue weighted by molar-refractivity contribution is 0.0578. The first-order valence-corrected chi connectivity index (χ1v) is 9.97. The van der Waals surface area contributed by atoms with Crippen molar-refractivity contribution in [3.05, 3.63) is 65.2 Å². The van der Waals surface area contributed by atoms with E-state index in [2.05, 4.69) is 20.3 Å². The van der Waals surface area contributed by atoms with E-state index in [9.17, 15) is 4.79 Å². The number of hydrogen-bond acceptors (Lipinski definition) is 6. The summed E-state index contributed by atoms with van der Waals surface area (Å²) in [5.74, 6) is 0.183. The summed E-state index contributed by atoms with van der Waals surface area (Å²) < 4.78 is 0. The first-order valence-electron chi connectivity index (χ1n) is 9.97. The highest BCUT2D eigenvalue weighted by Gasteiger charge is 2.32. The summed E-state index contributed by atoms with van der Waals surface area (Å²) in [4.78, 5) is 28.7. The van der Waals surface area contributed by atoms with Crippen molar-refractivity contribution in [2.75, 3.05) is 25.9 Å². The Balaban J connectivity index is 1.65. The number of rotatable bonds is 3. The molecule has 30 heavy (non-hydrogen) atoms. The Kier molecular flexibility index (Phi) is 4.52.